The van der Waals surface area contributed by atoms with Gasteiger partial charge in [-0.15, -0.1) is 0 Å². The monoisotopic (exact) mass is 163 g/mol. The van der Waals surface area contributed by atoms with Gasteiger partial charge in [-0.1, -0.05) is 18.2 Å². The van der Waals surface area contributed by atoms with E-state index in [9.17, 15) is 0 Å². The SMILES string of the molecule is [2H]C1(N)CCNc2c(C)cccc21. The van der Waals surface area contributed by atoms with Crippen molar-refractivity contribution >= 4 is 5.69 Å². The van der Waals surface area contributed by atoms with Crippen LogP contribution in [0.5, 0.6) is 0 Å². The molecule has 1 aromatic rings. The van der Waals surface area contributed by atoms with Gasteiger partial charge in [-0.3, -0.25) is 0 Å². The lowest BCUT2D eigenvalue weighted by molar-refractivity contribution is 0.654. The van der Waals surface area contributed by atoms with Gasteiger partial charge in [0.1, 0.15) is 0 Å². The largest absolute Gasteiger partial charge is 0.384 e. The molecule has 64 valence electrons. The standard InChI is InChI=1S/C10H14N2/c1-7-3-2-4-8-9(11)5-6-12-10(7)8/h2-4,9,12H,5-6,11H2,1H3/i9D. The molecule has 2 heteroatoms. The Morgan fingerprint density at radius 1 is 1.67 bits per heavy atom. The molecule has 0 radical (unpaired) electrons. The van der Waals surface area contributed by atoms with E-state index in [1.807, 2.05) is 25.1 Å². The van der Waals surface area contributed by atoms with E-state index in [0.717, 1.165) is 17.8 Å². The maximum Gasteiger partial charge on any atom is 0.0515 e. The fraction of sp³-hybridized carbons (Fsp3) is 0.400. The minimum atomic E-state index is -0.910. The van der Waals surface area contributed by atoms with Gasteiger partial charge >= 0.3 is 0 Å². The first-order valence-corrected chi connectivity index (χ1v) is 4.24. The van der Waals surface area contributed by atoms with E-state index in [1.54, 1.807) is 0 Å². The van der Waals surface area contributed by atoms with Crippen LogP contribution in [0.25, 0.3) is 0 Å². The van der Waals surface area contributed by atoms with E-state index in [2.05, 4.69) is 5.32 Å². The van der Waals surface area contributed by atoms with Gasteiger partial charge in [0, 0.05) is 18.3 Å². The minimum absolute atomic E-state index is 0.670. The lowest BCUT2D eigenvalue weighted by Gasteiger charge is -2.25. The smallest absolute Gasteiger partial charge is 0.0515 e. The Morgan fingerprint density at radius 2 is 2.50 bits per heavy atom. The Kier molecular flexibility index (Phi) is 1.51. The first-order valence-electron chi connectivity index (χ1n) is 4.74. The van der Waals surface area contributed by atoms with Gasteiger partial charge < -0.3 is 11.1 Å². The summed E-state index contributed by atoms with van der Waals surface area (Å²) in [6.45, 7) is 2.82. The van der Waals surface area contributed by atoms with Crippen LogP contribution in [0.3, 0.4) is 0 Å². The number of hydrogen-bond donors (Lipinski definition) is 2. The molecule has 3 N–H and O–H groups in total. The molecule has 2 rings (SSSR count). The Morgan fingerprint density at radius 3 is 3.25 bits per heavy atom. The summed E-state index contributed by atoms with van der Waals surface area (Å²) in [6, 6.07) is 5.01. The summed E-state index contributed by atoms with van der Waals surface area (Å²) in [5.41, 5.74) is 9.01. The van der Waals surface area contributed by atoms with Gasteiger partial charge in [0.2, 0.25) is 0 Å². The number of aryl methyl sites for hydroxylation is 1. The highest BCUT2D eigenvalue weighted by Crippen LogP contribution is 2.30. The molecule has 1 aliphatic rings. The van der Waals surface area contributed by atoms with Crippen LogP contribution in [-0.2, 0) is 0 Å². The summed E-state index contributed by atoms with van der Waals surface area (Å²) in [5, 5.41) is 3.29. The van der Waals surface area contributed by atoms with Crippen LogP contribution in [0.2, 0.25) is 0 Å². The third-order valence-corrected chi connectivity index (χ3v) is 2.31. The van der Waals surface area contributed by atoms with Crippen LogP contribution in [0.15, 0.2) is 18.2 Å². The maximum atomic E-state index is 7.94. The summed E-state index contributed by atoms with van der Waals surface area (Å²) in [4.78, 5) is 0. The van der Waals surface area contributed by atoms with Gasteiger partial charge in [0.15, 0.2) is 0 Å². The maximum absolute atomic E-state index is 7.94. The Balaban J connectivity index is 2.58. The predicted molar refractivity (Wildman–Crippen MR) is 51.2 cm³/mol. The second-order valence-electron chi connectivity index (χ2n) is 3.20. The van der Waals surface area contributed by atoms with Crippen LogP contribution in [0.1, 0.15) is 24.9 Å². The van der Waals surface area contributed by atoms with Gasteiger partial charge in [-0.05, 0) is 24.5 Å². The van der Waals surface area contributed by atoms with Crippen LogP contribution in [0, 0.1) is 6.92 Å². The van der Waals surface area contributed by atoms with Crippen molar-refractivity contribution < 1.29 is 1.37 Å². The molecule has 0 saturated carbocycles. The minimum Gasteiger partial charge on any atom is -0.384 e. The van der Waals surface area contributed by atoms with Crippen molar-refractivity contribution in [2.24, 2.45) is 5.73 Å². The highest BCUT2D eigenvalue weighted by Gasteiger charge is 2.16. The predicted octanol–water partition coefficient (Wildman–Crippen LogP) is 1.81. The molecule has 1 atom stereocenters. The Labute approximate surface area is 74.2 Å². The molecule has 1 aromatic carbocycles. The van der Waals surface area contributed by atoms with E-state index in [1.165, 1.54) is 5.56 Å². The molecule has 1 aliphatic heterocycles. The van der Waals surface area contributed by atoms with Crippen molar-refractivity contribution in [3.8, 4) is 0 Å². The first kappa shape index (κ1) is 6.49. The summed E-state index contributed by atoms with van der Waals surface area (Å²) >= 11 is 0. The summed E-state index contributed by atoms with van der Waals surface area (Å²) < 4.78 is 7.94. The van der Waals surface area contributed by atoms with E-state index in [-0.39, 0.29) is 0 Å². The third-order valence-electron chi connectivity index (χ3n) is 2.31. The zero-order valence-corrected chi connectivity index (χ0v) is 7.22. The normalized spacial score (nSPS) is 28.7. The van der Waals surface area contributed by atoms with Crippen molar-refractivity contribution in [3.05, 3.63) is 29.3 Å². The summed E-state index contributed by atoms with van der Waals surface area (Å²) in [6.07, 6.45) is 0.670. The lowest BCUT2D eigenvalue weighted by atomic mass is 9.96. The number of nitrogens with one attached hydrogen (secondary N) is 1. The fourth-order valence-electron chi connectivity index (χ4n) is 1.63. The molecule has 1 heterocycles. The number of anilines is 1. The zero-order valence-electron chi connectivity index (χ0n) is 8.22. The molecule has 0 aliphatic carbocycles. The highest BCUT2D eigenvalue weighted by molar-refractivity contribution is 5.59. The van der Waals surface area contributed by atoms with Crippen molar-refractivity contribution in [3.63, 3.8) is 0 Å². The van der Waals surface area contributed by atoms with Crippen LogP contribution in [0.4, 0.5) is 5.69 Å². The number of benzene rings is 1. The third kappa shape index (κ3) is 1.08. The number of fused-ring (bicyclic) bond motifs is 1. The molecule has 0 fully saturated rings. The van der Waals surface area contributed by atoms with Gasteiger partial charge in [0.05, 0.1) is 1.37 Å². The Bertz CT molecular complexity index is 334. The van der Waals surface area contributed by atoms with Gasteiger partial charge in [0.25, 0.3) is 0 Å². The molecule has 0 amide bonds. The molecule has 12 heavy (non-hydrogen) atoms. The molecule has 0 aromatic heterocycles. The van der Waals surface area contributed by atoms with Crippen LogP contribution >= 0.6 is 0 Å². The lowest BCUT2D eigenvalue weighted by Crippen LogP contribution is -2.22. The van der Waals surface area contributed by atoms with Gasteiger partial charge in [-0.2, -0.15) is 0 Å². The van der Waals surface area contributed by atoms with Gasteiger partial charge in [-0.25, -0.2) is 0 Å². The van der Waals surface area contributed by atoms with Crippen LogP contribution in [-0.4, -0.2) is 6.54 Å². The molecule has 1 unspecified atom stereocenters. The van der Waals surface area contributed by atoms with E-state index < -0.39 is 6.02 Å². The van der Waals surface area contributed by atoms with E-state index in [0.29, 0.717) is 6.42 Å². The second-order valence-corrected chi connectivity index (χ2v) is 3.20. The quantitative estimate of drug-likeness (QED) is 0.612. The van der Waals surface area contributed by atoms with E-state index in [4.69, 9.17) is 7.10 Å². The molecule has 0 spiro atoms. The van der Waals surface area contributed by atoms with Crippen molar-refractivity contribution in [1.82, 2.24) is 0 Å². The topological polar surface area (TPSA) is 38.0 Å². The first-order chi connectivity index (χ1) is 6.11. The average molecular weight is 163 g/mol. The summed E-state index contributed by atoms with van der Waals surface area (Å²) in [5.74, 6) is 0. The van der Waals surface area contributed by atoms with Crippen molar-refractivity contribution in [2.75, 3.05) is 11.9 Å². The highest BCUT2D eigenvalue weighted by atomic mass is 14.9. The molecule has 0 bridgehead atoms. The van der Waals surface area contributed by atoms with Crippen molar-refractivity contribution in [1.29, 1.82) is 0 Å². The van der Waals surface area contributed by atoms with Crippen molar-refractivity contribution in [2.45, 2.75) is 19.4 Å². The fourth-order valence-corrected chi connectivity index (χ4v) is 1.63. The molecule has 2 nitrogen and oxygen atoms in total. The molecule has 0 saturated heterocycles. The second kappa shape index (κ2) is 2.79. The zero-order chi connectivity index (χ0) is 9.47. The number of rotatable bonds is 0. The number of nitrogens with two attached hydrogens (primary N) is 1. The average Bonchev–Trinajstić information content (AvgIpc) is 2.06. The number of hydrogen-bond acceptors (Lipinski definition) is 2. The Hall–Kier alpha value is -1.02. The molecular weight excluding hydrogens is 148 g/mol. The van der Waals surface area contributed by atoms with Crippen LogP contribution < -0.4 is 11.1 Å². The van der Waals surface area contributed by atoms with E-state index >= 15 is 0 Å². The number of para-hydroxylation sites is 1. The summed E-state index contributed by atoms with van der Waals surface area (Å²) in [7, 11) is 0. The molecular formula is C10H14N2.